The van der Waals surface area contributed by atoms with Crippen LogP contribution >= 0.6 is 0 Å². The minimum Gasteiger partial charge on any atom is -0.369 e. The van der Waals surface area contributed by atoms with Gasteiger partial charge in [-0.15, -0.1) is 0 Å². The predicted molar refractivity (Wildman–Crippen MR) is 68.6 cm³/mol. The first-order valence-electron chi connectivity index (χ1n) is 6.14. The first-order valence-corrected chi connectivity index (χ1v) is 6.14. The van der Waals surface area contributed by atoms with Gasteiger partial charge in [-0.1, -0.05) is 50.1 Å². The normalized spacial score (nSPS) is 12.4. The average Bonchev–Trinajstić information content (AvgIpc) is 2.37. The number of benzene rings is 1. The van der Waals surface area contributed by atoms with E-state index in [1.807, 2.05) is 30.3 Å². The predicted octanol–water partition coefficient (Wildman–Crippen LogP) is 2.29. The fourth-order valence-electron chi connectivity index (χ4n) is 1.54. The highest BCUT2D eigenvalue weighted by Crippen LogP contribution is 2.02. The number of ether oxygens (including phenoxy) is 1. The Kier molecular flexibility index (Phi) is 6.51. The number of nitrogens with two attached hydrogens (primary N) is 1. The Morgan fingerprint density at radius 3 is 2.71 bits per heavy atom. The Bertz CT molecular complexity index is 324. The Morgan fingerprint density at radius 1 is 1.35 bits per heavy atom. The number of ketones is 1. The van der Waals surface area contributed by atoms with Crippen LogP contribution in [0.25, 0.3) is 0 Å². The van der Waals surface area contributed by atoms with Crippen molar-refractivity contribution in [2.24, 2.45) is 5.73 Å². The first-order chi connectivity index (χ1) is 8.24. The molecule has 0 heterocycles. The zero-order chi connectivity index (χ0) is 12.5. The van der Waals surface area contributed by atoms with E-state index in [4.69, 9.17) is 10.5 Å². The molecule has 0 bridgehead atoms. The van der Waals surface area contributed by atoms with E-state index in [0.717, 1.165) is 24.8 Å². The second kappa shape index (κ2) is 7.98. The van der Waals surface area contributed by atoms with Gasteiger partial charge in [0.25, 0.3) is 0 Å². The molecule has 3 nitrogen and oxygen atoms in total. The lowest BCUT2D eigenvalue weighted by Gasteiger charge is -2.10. The molecule has 1 aromatic carbocycles. The lowest BCUT2D eigenvalue weighted by atomic mass is 10.1. The van der Waals surface area contributed by atoms with E-state index in [9.17, 15) is 4.79 Å². The third kappa shape index (κ3) is 5.61. The summed E-state index contributed by atoms with van der Waals surface area (Å²) in [4.78, 5) is 11.6. The highest BCUT2D eigenvalue weighted by Gasteiger charge is 2.12. The van der Waals surface area contributed by atoms with Crippen molar-refractivity contribution >= 4 is 5.78 Å². The minimum absolute atomic E-state index is 0.00520. The standard InChI is InChI=1S/C14H21NO2/c1-2-3-9-13(15)14(16)11-17-10-12-7-5-4-6-8-12/h4-8,13H,2-3,9-11,15H2,1H3. The zero-order valence-corrected chi connectivity index (χ0v) is 10.4. The molecule has 0 saturated carbocycles. The SMILES string of the molecule is CCCCC(N)C(=O)COCc1ccccc1. The quantitative estimate of drug-likeness (QED) is 0.752. The maximum Gasteiger partial charge on any atom is 0.175 e. The number of unbranched alkanes of at least 4 members (excludes halogenated alkanes) is 1. The van der Waals surface area contributed by atoms with Gasteiger partial charge in [-0.2, -0.15) is 0 Å². The van der Waals surface area contributed by atoms with Crippen LogP contribution < -0.4 is 5.73 Å². The molecule has 0 amide bonds. The summed E-state index contributed by atoms with van der Waals surface area (Å²) < 4.78 is 5.35. The number of carbonyl (C=O) groups excluding carboxylic acids is 1. The molecule has 0 radical (unpaired) electrons. The Balaban J connectivity index is 2.20. The number of Topliss-reactive ketones (excluding diaryl/α,β-unsaturated/α-hetero) is 1. The van der Waals surface area contributed by atoms with Gasteiger partial charge >= 0.3 is 0 Å². The molecular formula is C14H21NO2. The van der Waals surface area contributed by atoms with Gasteiger partial charge in [-0.3, -0.25) is 4.79 Å². The average molecular weight is 235 g/mol. The topological polar surface area (TPSA) is 52.3 Å². The van der Waals surface area contributed by atoms with Crippen molar-refractivity contribution in [3.63, 3.8) is 0 Å². The zero-order valence-electron chi connectivity index (χ0n) is 10.4. The molecule has 0 spiro atoms. The molecule has 0 aliphatic carbocycles. The van der Waals surface area contributed by atoms with Crippen molar-refractivity contribution in [1.29, 1.82) is 0 Å². The van der Waals surface area contributed by atoms with Crippen LogP contribution in [0.1, 0.15) is 31.7 Å². The van der Waals surface area contributed by atoms with E-state index in [2.05, 4.69) is 6.92 Å². The molecule has 1 atom stereocenters. The summed E-state index contributed by atoms with van der Waals surface area (Å²) in [6, 6.07) is 9.44. The molecule has 0 saturated heterocycles. The maximum atomic E-state index is 11.6. The van der Waals surface area contributed by atoms with Gasteiger partial charge in [0.05, 0.1) is 12.6 Å². The summed E-state index contributed by atoms with van der Waals surface area (Å²) in [7, 11) is 0. The van der Waals surface area contributed by atoms with E-state index in [1.165, 1.54) is 0 Å². The molecule has 0 aliphatic heterocycles. The fraction of sp³-hybridized carbons (Fsp3) is 0.500. The molecule has 0 aromatic heterocycles. The largest absolute Gasteiger partial charge is 0.369 e. The summed E-state index contributed by atoms with van der Waals surface area (Å²) in [5, 5.41) is 0. The van der Waals surface area contributed by atoms with E-state index >= 15 is 0 Å². The molecule has 17 heavy (non-hydrogen) atoms. The van der Waals surface area contributed by atoms with Gasteiger partial charge in [0.15, 0.2) is 5.78 Å². The molecular weight excluding hydrogens is 214 g/mol. The fourth-order valence-corrected chi connectivity index (χ4v) is 1.54. The molecule has 0 aliphatic rings. The van der Waals surface area contributed by atoms with Crippen LogP contribution in [-0.4, -0.2) is 18.4 Å². The lowest BCUT2D eigenvalue weighted by Crippen LogP contribution is -2.33. The van der Waals surface area contributed by atoms with Crippen LogP contribution in [0.15, 0.2) is 30.3 Å². The Labute approximate surface area is 103 Å². The number of hydrogen-bond acceptors (Lipinski definition) is 3. The summed E-state index contributed by atoms with van der Waals surface area (Å²) in [6.45, 7) is 2.66. The summed E-state index contributed by atoms with van der Waals surface area (Å²) >= 11 is 0. The van der Waals surface area contributed by atoms with Gasteiger partial charge in [0, 0.05) is 0 Å². The van der Waals surface area contributed by atoms with Crippen molar-refractivity contribution in [3.8, 4) is 0 Å². The van der Waals surface area contributed by atoms with Crippen molar-refractivity contribution < 1.29 is 9.53 Å². The van der Waals surface area contributed by atoms with Crippen molar-refractivity contribution in [2.75, 3.05) is 6.61 Å². The molecule has 0 fully saturated rings. The van der Waals surface area contributed by atoms with Gasteiger partial charge in [-0.25, -0.2) is 0 Å². The van der Waals surface area contributed by atoms with Crippen LogP contribution in [-0.2, 0) is 16.1 Å². The highest BCUT2D eigenvalue weighted by atomic mass is 16.5. The summed E-state index contributed by atoms with van der Waals surface area (Å²) in [5.74, 6) is -0.00520. The van der Waals surface area contributed by atoms with Crippen LogP contribution in [0.2, 0.25) is 0 Å². The number of carbonyl (C=O) groups is 1. The van der Waals surface area contributed by atoms with E-state index in [1.54, 1.807) is 0 Å². The molecule has 3 heteroatoms. The van der Waals surface area contributed by atoms with E-state index in [0.29, 0.717) is 6.61 Å². The van der Waals surface area contributed by atoms with Crippen molar-refractivity contribution in [3.05, 3.63) is 35.9 Å². The summed E-state index contributed by atoms with van der Waals surface area (Å²) in [5.41, 5.74) is 6.82. The van der Waals surface area contributed by atoms with Crippen molar-refractivity contribution in [2.45, 2.75) is 38.8 Å². The molecule has 2 N–H and O–H groups in total. The monoisotopic (exact) mass is 235 g/mol. The van der Waals surface area contributed by atoms with Crippen molar-refractivity contribution in [1.82, 2.24) is 0 Å². The van der Waals surface area contributed by atoms with Gasteiger partial charge in [0.1, 0.15) is 6.61 Å². The van der Waals surface area contributed by atoms with E-state index < -0.39 is 0 Å². The Hall–Kier alpha value is -1.19. The third-order valence-corrected chi connectivity index (χ3v) is 2.64. The molecule has 1 rings (SSSR count). The van der Waals surface area contributed by atoms with Gasteiger partial charge in [-0.05, 0) is 12.0 Å². The van der Waals surface area contributed by atoms with Crippen LogP contribution in [0.3, 0.4) is 0 Å². The second-order valence-corrected chi connectivity index (χ2v) is 4.19. The molecule has 94 valence electrons. The maximum absolute atomic E-state index is 11.6. The molecule has 1 aromatic rings. The van der Waals surface area contributed by atoms with E-state index in [-0.39, 0.29) is 18.4 Å². The third-order valence-electron chi connectivity index (χ3n) is 2.64. The second-order valence-electron chi connectivity index (χ2n) is 4.19. The van der Waals surface area contributed by atoms with Gasteiger partial charge < -0.3 is 10.5 Å². The van der Waals surface area contributed by atoms with Crippen LogP contribution in [0, 0.1) is 0 Å². The smallest absolute Gasteiger partial charge is 0.175 e. The lowest BCUT2D eigenvalue weighted by molar-refractivity contribution is -0.125. The first kappa shape index (κ1) is 13.9. The number of hydrogen-bond donors (Lipinski definition) is 1. The minimum atomic E-state index is -0.370. The summed E-state index contributed by atoms with van der Waals surface area (Å²) in [6.07, 6.45) is 2.81. The molecule has 1 unspecified atom stereocenters. The Morgan fingerprint density at radius 2 is 2.06 bits per heavy atom. The van der Waals surface area contributed by atoms with Crippen LogP contribution in [0.4, 0.5) is 0 Å². The van der Waals surface area contributed by atoms with Gasteiger partial charge in [0.2, 0.25) is 0 Å². The highest BCUT2D eigenvalue weighted by molar-refractivity contribution is 5.84. The number of rotatable bonds is 8. The van der Waals surface area contributed by atoms with Crippen LogP contribution in [0.5, 0.6) is 0 Å².